The first-order valence-corrected chi connectivity index (χ1v) is 7.67. The van der Waals surface area contributed by atoms with Crippen LogP contribution < -0.4 is 0 Å². The summed E-state index contributed by atoms with van der Waals surface area (Å²) in [6.07, 6.45) is 7.08. The van der Waals surface area contributed by atoms with E-state index in [2.05, 4.69) is 11.8 Å². The Morgan fingerprint density at radius 1 is 1.47 bits per heavy atom. The Kier molecular flexibility index (Phi) is 4.85. The Hall–Kier alpha value is -0.610. The Bertz CT molecular complexity index is 313. The highest BCUT2D eigenvalue weighted by molar-refractivity contribution is 5.69. The van der Waals surface area contributed by atoms with E-state index in [1.54, 1.807) is 6.92 Å². The third-order valence-electron chi connectivity index (χ3n) is 4.83. The average Bonchev–Trinajstić information content (AvgIpc) is 2.83. The zero-order valence-electron chi connectivity index (χ0n) is 12.2. The molecule has 1 saturated carbocycles. The van der Waals surface area contributed by atoms with E-state index in [4.69, 9.17) is 9.84 Å². The van der Waals surface area contributed by atoms with E-state index in [-0.39, 0.29) is 11.5 Å². The molecule has 0 bridgehead atoms. The molecule has 0 aromatic heterocycles. The summed E-state index contributed by atoms with van der Waals surface area (Å²) in [4.78, 5) is 13.4. The summed E-state index contributed by atoms with van der Waals surface area (Å²) in [6, 6.07) is 0.499. The number of carboxylic acids is 1. The standard InChI is InChI=1S/C15H27NO3/c1-3-16(11-12(2)14(17)18)13-6-9-19-15(10-13)7-4-5-8-15/h12-13H,3-11H2,1-2H3,(H,17,18). The fourth-order valence-electron chi connectivity index (χ4n) is 3.65. The van der Waals surface area contributed by atoms with Crippen LogP contribution >= 0.6 is 0 Å². The van der Waals surface area contributed by atoms with Gasteiger partial charge in [-0.2, -0.15) is 0 Å². The topological polar surface area (TPSA) is 49.8 Å². The van der Waals surface area contributed by atoms with Gasteiger partial charge in [0.15, 0.2) is 0 Å². The molecular formula is C15H27NO3. The Balaban J connectivity index is 1.96. The van der Waals surface area contributed by atoms with Crippen LogP contribution in [0, 0.1) is 5.92 Å². The van der Waals surface area contributed by atoms with Gasteiger partial charge in [0.1, 0.15) is 0 Å². The lowest BCUT2D eigenvalue weighted by molar-refractivity contribution is -0.142. The molecule has 2 fully saturated rings. The maximum Gasteiger partial charge on any atom is 0.307 e. The van der Waals surface area contributed by atoms with Crippen molar-refractivity contribution < 1.29 is 14.6 Å². The van der Waals surface area contributed by atoms with Crippen LogP contribution in [-0.2, 0) is 9.53 Å². The molecule has 4 nitrogen and oxygen atoms in total. The van der Waals surface area contributed by atoms with E-state index in [1.165, 1.54) is 25.7 Å². The molecular weight excluding hydrogens is 242 g/mol. The molecule has 2 rings (SSSR count). The third-order valence-corrected chi connectivity index (χ3v) is 4.83. The second-order valence-corrected chi connectivity index (χ2v) is 6.21. The van der Waals surface area contributed by atoms with Crippen LogP contribution in [0.2, 0.25) is 0 Å². The van der Waals surface area contributed by atoms with Gasteiger partial charge in [-0.1, -0.05) is 26.7 Å². The molecule has 1 N–H and O–H groups in total. The van der Waals surface area contributed by atoms with E-state index < -0.39 is 5.97 Å². The molecule has 1 heterocycles. The van der Waals surface area contributed by atoms with E-state index >= 15 is 0 Å². The number of nitrogens with zero attached hydrogens (tertiary/aromatic N) is 1. The summed E-state index contributed by atoms with van der Waals surface area (Å²) in [6.45, 7) is 6.36. The molecule has 19 heavy (non-hydrogen) atoms. The fourth-order valence-corrected chi connectivity index (χ4v) is 3.65. The van der Waals surface area contributed by atoms with Gasteiger partial charge in [-0.3, -0.25) is 9.69 Å². The maximum absolute atomic E-state index is 11.0. The van der Waals surface area contributed by atoms with Gasteiger partial charge in [0.2, 0.25) is 0 Å². The minimum atomic E-state index is -0.693. The predicted molar refractivity (Wildman–Crippen MR) is 74.2 cm³/mol. The SMILES string of the molecule is CCN(CC(C)C(=O)O)C1CCOC2(CCCC2)C1. The molecule has 0 aromatic carbocycles. The third kappa shape index (κ3) is 3.48. The molecule has 2 aliphatic rings. The van der Waals surface area contributed by atoms with Crippen molar-refractivity contribution >= 4 is 5.97 Å². The molecule has 1 aliphatic carbocycles. The first-order valence-electron chi connectivity index (χ1n) is 7.67. The summed E-state index contributed by atoms with van der Waals surface area (Å²) in [5.41, 5.74) is 0.114. The maximum atomic E-state index is 11.0. The highest BCUT2D eigenvalue weighted by Gasteiger charge is 2.41. The quantitative estimate of drug-likeness (QED) is 0.833. The van der Waals surface area contributed by atoms with Crippen molar-refractivity contribution in [1.29, 1.82) is 0 Å². The molecule has 1 aliphatic heterocycles. The molecule has 1 spiro atoms. The van der Waals surface area contributed by atoms with Crippen LogP contribution in [-0.4, -0.2) is 47.3 Å². The van der Waals surface area contributed by atoms with Gasteiger partial charge >= 0.3 is 5.97 Å². The number of aliphatic carboxylic acids is 1. The molecule has 110 valence electrons. The smallest absolute Gasteiger partial charge is 0.307 e. The van der Waals surface area contributed by atoms with Crippen molar-refractivity contribution in [2.24, 2.45) is 5.92 Å². The molecule has 1 saturated heterocycles. The number of carbonyl (C=O) groups is 1. The van der Waals surface area contributed by atoms with Crippen LogP contribution in [0.1, 0.15) is 52.4 Å². The van der Waals surface area contributed by atoms with Crippen molar-refractivity contribution in [2.45, 2.75) is 64.0 Å². The molecule has 0 aromatic rings. The van der Waals surface area contributed by atoms with Crippen molar-refractivity contribution in [1.82, 2.24) is 4.90 Å². The van der Waals surface area contributed by atoms with Crippen LogP contribution in [0.25, 0.3) is 0 Å². The Morgan fingerprint density at radius 2 is 2.16 bits per heavy atom. The predicted octanol–water partition coefficient (Wildman–Crippen LogP) is 2.52. The molecule has 2 unspecified atom stereocenters. The lowest BCUT2D eigenvalue weighted by Gasteiger charge is -2.43. The van der Waals surface area contributed by atoms with E-state index in [0.29, 0.717) is 12.6 Å². The summed E-state index contributed by atoms with van der Waals surface area (Å²) in [5, 5.41) is 9.08. The number of rotatable bonds is 5. The normalized spacial score (nSPS) is 27.8. The van der Waals surface area contributed by atoms with Crippen LogP contribution in [0.15, 0.2) is 0 Å². The summed E-state index contributed by atoms with van der Waals surface area (Å²) in [7, 11) is 0. The zero-order valence-corrected chi connectivity index (χ0v) is 12.2. The van der Waals surface area contributed by atoms with Crippen molar-refractivity contribution in [3.8, 4) is 0 Å². The van der Waals surface area contributed by atoms with Crippen LogP contribution in [0.4, 0.5) is 0 Å². The summed E-state index contributed by atoms with van der Waals surface area (Å²) >= 11 is 0. The van der Waals surface area contributed by atoms with Crippen molar-refractivity contribution in [3.63, 3.8) is 0 Å². The first-order chi connectivity index (χ1) is 9.06. The molecule has 4 heteroatoms. The minimum Gasteiger partial charge on any atom is -0.481 e. The second kappa shape index (κ2) is 6.23. The number of ether oxygens (including phenoxy) is 1. The van der Waals surface area contributed by atoms with Crippen molar-refractivity contribution in [2.75, 3.05) is 19.7 Å². The number of hydrogen-bond donors (Lipinski definition) is 1. The fraction of sp³-hybridized carbons (Fsp3) is 0.933. The lowest BCUT2D eigenvalue weighted by atomic mass is 9.87. The zero-order chi connectivity index (χ0) is 13.9. The van der Waals surface area contributed by atoms with E-state index in [0.717, 1.165) is 26.0 Å². The van der Waals surface area contributed by atoms with E-state index in [1.807, 2.05) is 0 Å². The van der Waals surface area contributed by atoms with Gasteiger partial charge in [0.05, 0.1) is 11.5 Å². The monoisotopic (exact) mass is 269 g/mol. The minimum absolute atomic E-state index is 0.114. The van der Waals surface area contributed by atoms with Crippen LogP contribution in [0.3, 0.4) is 0 Å². The summed E-state index contributed by atoms with van der Waals surface area (Å²) < 4.78 is 6.06. The van der Waals surface area contributed by atoms with Gasteiger partial charge in [-0.15, -0.1) is 0 Å². The lowest BCUT2D eigenvalue weighted by Crippen LogP contribution is -2.49. The van der Waals surface area contributed by atoms with Crippen molar-refractivity contribution in [3.05, 3.63) is 0 Å². The van der Waals surface area contributed by atoms with Gasteiger partial charge in [-0.25, -0.2) is 0 Å². The highest BCUT2D eigenvalue weighted by atomic mass is 16.5. The molecule has 0 radical (unpaired) electrons. The second-order valence-electron chi connectivity index (χ2n) is 6.21. The Labute approximate surface area is 116 Å². The molecule has 0 amide bonds. The average molecular weight is 269 g/mol. The number of hydrogen-bond acceptors (Lipinski definition) is 3. The summed E-state index contributed by atoms with van der Waals surface area (Å²) in [5.74, 6) is -0.983. The van der Waals surface area contributed by atoms with Gasteiger partial charge in [0.25, 0.3) is 0 Å². The highest BCUT2D eigenvalue weighted by Crippen LogP contribution is 2.41. The van der Waals surface area contributed by atoms with Crippen LogP contribution in [0.5, 0.6) is 0 Å². The first kappa shape index (κ1) is 14.8. The Morgan fingerprint density at radius 3 is 2.74 bits per heavy atom. The molecule has 2 atom stereocenters. The largest absolute Gasteiger partial charge is 0.481 e. The van der Waals surface area contributed by atoms with E-state index in [9.17, 15) is 4.79 Å². The van der Waals surface area contributed by atoms with Gasteiger partial charge < -0.3 is 9.84 Å². The van der Waals surface area contributed by atoms with Gasteiger partial charge in [0, 0.05) is 19.2 Å². The van der Waals surface area contributed by atoms with Gasteiger partial charge in [-0.05, 0) is 32.2 Å². The number of carboxylic acid groups (broad SMARTS) is 1.